The smallest absolute Gasteiger partial charge is 0.287 e. The zero-order chi connectivity index (χ0) is 21.4. The second kappa shape index (κ2) is 8.26. The van der Waals surface area contributed by atoms with Gasteiger partial charge in [-0.25, -0.2) is 0 Å². The molecule has 1 aliphatic rings. The van der Waals surface area contributed by atoms with Crippen molar-refractivity contribution in [1.82, 2.24) is 10.2 Å². The Kier molecular flexibility index (Phi) is 5.69. The molecule has 0 bridgehead atoms. The maximum absolute atomic E-state index is 13.2. The Morgan fingerprint density at radius 1 is 1.20 bits per heavy atom. The fourth-order valence-electron chi connectivity index (χ4n) is 4.32. The van der Waals surface area contributed by atoms with Crippen LogP contribution in [0.5, 0.6) is 0 Å². The standard InChI is InChI=1S/C24H28N2O3S/c1-5-6-18(24(28)26-11-9-19-17(13-26)10-12-30-19)25-23(27)22-16(4)20-14(2)7-8-15(3)21(20)29-22/h7-8,10,12,18H,5-6,9,11,13H2,1-4H3,(H,25,27). The molecule has 158 valence electrons. The van der Waals surface area contributed by atoms with Crippen LogP contribution in [0.15, 0.2) is 28.0 Å². The second-order valence-electron chi connectivity index (χ2n) is 8.15. The molecule has 0 fully saturated rings. The SMILES string of the molecule is CCCC(NC(=O)c1oc2c(C)ccc(C)c2c1C)C(=O)N1CCc2sccc2C1. The van der Waals surface area contributed by atoms with E-state index >= 15 is 0 Å². The quantitative estimate of drug-likeness (QED) is 0.633. The van der Waals surface area contributed by atoms with Crippen LogP contribution in [0.2, 0.25) is 0 Å². The lowest BCUT2D eigenvalue weighted by atomic mass is 10.0. The third-order valence-corrected chi connectivity index (χ3v) is 7.01. The summed E-state index contributed by atoms with van der Waals surface area (Å²) in [7, 11) is 0. The number of nitrogens with zero attached hydrogens (tertiary/aromatic N) is 1. The lowest BCUT2D eigenvalue weighted by Gasteiger charge is -2.30. The number of hydrogen-bond donors (Lipinski definition) is 1. The molecule has 1 unspecified atom stereocenters. The minimum Gasteiger partial charge on any atom is -0.450 e. The number of aryl methyl sites for hydroxylation is 3. The van der Waals surface area contributed by atoms with Gasteiger partial charge < -0.3 is 14.6 Å². The topological polar surface area (TPSA) is 62.6 Å². The van der Waals surface area contributed by atoms with Crippen LogP contribution in [0.3, 0.4) is 0 Å². The third kappa shape index (κ3) is 3.65. The van der Waals surface area contributed by atoms with E-state index in [2.05, 4.69) is 16.8 Å². The van der Waals surface area contributed by atoms with E-state index < -0.39 is 6.04 Å². The van der Waals surface area contributed by atoms with Crippen LogP contribution in [0, 0.1) is 20.8 Å². The first-order valence-electron chi connectivity index (χ1n) is 10.5. The number of carbonyl (C=O) groups is 2. The van der Waals surface area contributed by atoms with Crippen molar-refractivity contribution in [3.8, 4) is 0 Å². The van der Waals surface area contributed by atoms with Crippen molar-refractivity contribution in [1.29, 1.82) is 0 Å². The summed E-state index contributed by atoms with van der Waals surface area (Å²) in [6.45, 7) is 9.25. The van der Waals surface area contributed by atoms with E-state index in [-0.39, 0.29) is 11.8 Å². The Hall–Kier alpha value is -2.60. The van der Waals surface area contributed by atoms with E-state index in [1.807, 2.05) is 44.7 Å². The van der Waals surface area contributed by atoms with Gasteiger partial charge in [-0.05, 0) is 61.7 Å². The number of thiophene rings is 1. The lowest BCUT2D eigenvalue weighted by molar-refractivity contribution is -0.134. The minimum absolute atomic E-state index is 0.0109. The number of nitrogens with one attached hydrogen (secondary N) is 1. The van der Waals surface area contributed by atoms with Crippen molar-refractivity contribution in [3.05, 3.63) is 56.5 Å². The van der Waals surface area contributed by atoms with E-state index in [1.165, 1.54) is 10.4 Å². The van der Waals surface area contributed by atoms with Gasteiger partial charge in [0.2, 0.25) is 5.91 Å². The van der Waals surface area contributed by atoms with Crippen LogP contribution in [0.25, 0.3) is 11.0 Å². The van der Waals surface area contributed by atoms with Gasteiger partial charge in [-0.3, -0.25) is 9.59 Å². The van der Waals surface area contributed by atoms with Crippen molar-refractivity contribution >= 4 is 34.1 Å². The van der Waals surface area contributed by atoms with Gasteiger partial charge in [-0.1, -0.05) is 25.5 Å². The molecule has 4 rings (SSSR count). The fourth-order valence-corrected chi connectivity index (χ4v) is 5.21. The number of hydrogen-bond acceptors (Lipinski definition) is 4. The van der Waals surface area contributed by atoms with E-state index in [0.717, 1.165) is 40.5 Å². The van der Waals surface area contributed by atoms with Gasteiger partial charge in [-0.2, -0.15) is 0 Å². The highest BCUT2D eigenvalue weighted by molar-refractivity contribution is 7.10. The molecule has 1 aliphatic heterocycles. The molecule has 0 spiro atoms. The summed E-state index contributed by atoms with van der Waals surface area (Å²) < 4.78 is 5.98. The molecule has 6 heteroatoms. The highest BCUT2D eigenvalue weighted by Crippen LogP contribution is 2.31. The summed E-state index contributed by atoms with van der Waals surface area (Å²) in [5.74, 6) is -0.0271. The van der Waals surface area contributed by atoms with Crippen LogP contribution in [0.4, 0.5) is 0 Å². The molecule has 1 aromatic carbocycles. The summed E-state index contributed by atoms with van der Waals surface area (Å²) in [4.78, 5) is 29.6. The first-order valence-corrected chi connectivity index (χ1v) is 11.4. The molecule has 1 atom stereocenters. The molecule has 30 heavy (non-hydrogen) atoms. The highest BCUT2D eigenvalue weighted by Gasteiger charge is 2.30. The molecule has 0 aliphatic carbocycles. The maximum atomic E-state index is 13.2. The van der Waals surface area contributed by atoms with E-state index in [0.29, 0.717) is 25.3 Å². The number of fused-ring (bicyclic) bond motifs is 2. The number of amides is 2. The molecule has 2 aromatic heterocycles. The van der Waals surface area contributed by atoms with Gasteiger partial charge in [-0.15, -0.1) is 11.3 Å². The van der Waals surface area contributed by atoms with Gasteiger partial charge in [0.05, 0.1) is 0 Å². The summed E-state index contributed by atoms with van der Waals surface area (Å²) in [5.41, 5.74) is 4.88. The minimum atomic E-state index is -0.544. The van der Waals surface area contributed by atoms with Gasteiger partial charge in [0.25, 0.3) is 5.91 Å². The molecule has 1 N–H and O–H groups in total. The van der Waals surface area contributed by atoms with E-state index in [9.17, 15) is 9.59 Å². The lowest BCUT2D eigenvalue weighted by Crippen LogP contribution is -2.49. The van der Waals surface area contributed by atoms with Crippen LogP contribution >= 0.6 is 11.3 Å². The first-order chi connectivity index (χ1) is 14.4. The fraction of sp³-hybridized carbons (Fsp3) is 0.417. The molecule has 0 saturated carbocycles. The summed E-state index contributed by atoms with van der Waals surface area (Å²) in [6.07, 6.45) is 2.30. The largest absolute Gasteiger partial charge is 0.450 e. The summed E-state index contributed by atoms with van der Waals surface area (Å²) >= 11 is 1.75. The van der Waals surface area contributed by atoms with Crippen molar-refractivity contribution < 1.29 is 14.0 Å². The second-order valence-corrected chi connectivity index (χ2v) is 9.15. The van der Waals surface area contributed by atoms with E-state index in [4.69, 9.17) is 4.42 Å². The number of furan rings is 1. The Morgan fingerprint density at radius 3 is 2.70 bits per heavy atom. The predicted molar refractivity (Wildman–Crippen MR) is 120 cm³/mol. The van der Waals surface area contributed by atoms with Gasteiger partial charge in [0, 0.05) is 28.9 Å². The van der Waals surface area contributed by atoms with Crippen molar-refractivity contribution in [2.75, 3.05) is 6.54 Å². The highest BCUT2D eigenvalue weighted by atomic mass is 32.1. The van der Waals surface area contributed by atoms with Crippen LogP contribution < -0.4 is 5.32 Å². The molecule has 3 heterocycles. The normalized spacial score (nSPS) is 14.6. The number of rotatable bonds is 5. The third-order valence-electron chi connectivity index (χ3n) is 5.99. The molecule has 5 nitrogen and oxygen atoms in total. The van der Waals surface area contributed by atoms with E-state index in [1.54, 1.807) is 11.3 Å². The molecular formula is C24H28N2O3S. The average Bonchev–Trinajstić information content (AvgIpc) is 3.34. The van der Waals surface area contributed by atoms with Crippen LogP contribution in [-0.4, -0.2) is 29.3 Å². The molecule has 0 radical (unpaired) electrons. The molecule has 0 saturated heterocycles. The summed E-state index contributed by atoms with van der Waals surface area (Å²) in [6, 6.07) is 5.59. The molecular weight excluding hydrogens is 396 g/mol. The predicted octanol–water partition coefficient (Wildman–Crippen LogP) is 4.90. The van der Waals surface area contributed by atoms with Crippen LogP contribution in [0.1, 0.15) is 57.5 Å². The van der Waals surface area contributed by atoms with Crippen LogP contribution in [-0.2, 0) is 17.8 Å². The van der Waals surface area contributed by atoms with Crippen molar-refractivity contribution in [3.63, 3.8) is 0 Å². The Bertz CT molecular complexity index is 1110. The van der Waals surface area contributed by atoms with Gasteiger partial charge in [0.15, 0.2) is 5.76 Å². The van der Waals surface area contributed by atoms with Crippen molar-refractivity contribution in [2.24, 2.45) is 0 Å². The zero-order valence-corrected chi connectivity index (χ0v) is 18.8. The van der Waals surface area contributed by atoms with Gasteiger partial charge in [0.1, 0.15) is 11.6 Å². The Morgan fingerprint density at radius 2 is 1.97 bits per heavy atom. The maximum Gasteiger partial charge on any atom is 0.287 e. The average molecular weight is 425 g/mol. The monoisotopic (exact) mass is 424 g/mol. The Labute approximate surface area is 181 Å². The number of carbonyl (C=O) groups excluding carboxylic acids is 2. The van der Waals surface area contributed by atoms with Crippen molar-refractivity contribution in [2.45, 2.75) is 59.5 Å². The molecule has 2 amide bonds. The van der Waals surface area contributed by atoms with Gasteiger partial charge >= 0.3 is 0 Å². The molecule has 3 aromatic rings. The Balaban J connectivity index is 1.56. The first kappa shape index (κ1) is 20.7. The summed E-state index contributed by atoms with van der Waals surface area (Å²) in [5, 5.41) is 6.04. The number of benzene rings is 1. The zero-order valence-electron chi connectivity index (χ0n) is 18.0.